The highest BCUT2D eigenvalue weighted by Crippen LogP contribution is 2.43. The number of halogens is 1. The topological polar surface area (TPSA) is 20.2 Å². The second kappa shape index (κ2) is 2.91. The highest BCUT2D eigenvalue weighted by molar-refractivity contribution is 7.99. The van der Waals surface area contributed by atoms with Crippen LogP contribution in [0.2, 0.25) is 0 Å². The summed E-state index contributed by atoms with van der Waals surface area (Å²) in [6, 6.07) is 4.92. The Morgan fingerprint density at radius 2 is 2.31 bits per heavy atom. The zero-order valence-electron chi connectivity index (χ0n) is 7.38. The molecule has 1 nitrogen and oxygen atoms in total. The molecule has 1 unspecified atom stereocenters. The predicted molar refractivity (Wildman–Crippen MR) is 51.9 cm³/mol. The molecule has 1 atom stereocenters. The van der Waals surface area contributed by atoms with Gasteiger partial charge in [0.15, 0.2) is 0 Å². The molecule has 13 heavy (non-hydrogen) atoms. The first-order chi connectivity index (χ1) is 6.09. The SMILES string of the molecule is CC1(F)CCSc2ccc(O)cc21. The van der Waals surface area contributed by atoms with Crippen LogP contribution in [0.4, 0.5) is 4.39 Å². The van der Waals surface area contributed by atoms with E-state index in [9.17, 15) is 9.50 Å². The van der Waals surface area contributed by atoms with Crippen molar-refractivity contribution < 1.29 is 9.50 Å². The Labute approximate surface area is 81.0 Å². The third kappa shape index (κ3) is 1.53. The van der Waals surface area contributed by atoms with Crippen molar-refractivity contribution in [1.82, 2.24) is 0 Å². The van der Waals surface area contributed by atoms with Gasteiger partial charge < -0.3 is 5.11 Å². The Kier molecular flexibility index (Phi) is 1.99. The molecule has 1 N–H and O–H groups in total. The lowest BCUT2D eigenvalue weighted by molar-refractivity contribution is 0.180. The summed E-state index contributed by atoms with van der Waals surface area (Å²) in [5.74, 6) is 0.954. The summed E-state index contributed by atoms with van der Waals surface area (Å²) in [6.07, 6.45) is 0.522. The van der Waals surface area contributed by atoms with E-state index < -0.39 is 5.67 Å². The Hall–Kier alpha value is -0.700. The number of benzene rings is 1. The molecule has 70 valence electrons. The van der Waals surface area contributed by atoms with Gasteiger partial charge in [-0.1, -0.05) is 0 Å². The summed E-state index contributed by atoms with van der Waals surface area (Å²) in [6.45, 7) is 1.57. The molecule has 0 saturated heterocycles. The highest BCUT2D eigenvalue weighted by atomic mass is 32.2. The Morgan fingerprint density at radius 3 is 3.08 bits per heavy atom. The van der Waals surface area contributed by atoms with E-state index in [2.05, 4.69) is 0 Å². The largest absolute Gasteiger partial charge is 0.508 e. The fourth-order valence-electron chi connectivity index (χ4n) is 1.54. The monoisotopic (exact) mass is 198 g/mol. The van der Waals surface area contributed by atoms with Gasteiger partial charge in [-0.3, -0.25) is 0 Å². The molecule has 1 aromatic carbocycles. The predicted octanol–water partition coefficient (Wildman–Crippen LogP) is 3.07. The third-order valence-electron chi connectivity index (χ3n) is 2.35. The Bertz CT molecular complexity index is 336. The van der Waals surface area contributed by atoms with Crippen molar-refractivity contribution in [2.75, 3.05) is 5.75 Å². The Morgan fingerprint density at radius 1 is 1.54 bits per heavy atom. The van der Waals surface area contributed by atoms with Crippen molar-refractivity contribution in [3.05, 3.63) is 23.8 Å². The summed E-state index contributed by atoms with van der Waals surface area (Å²) >= 11 is 1.65. The molecule has 2 rings (SSSR count). The van der Waals surface area contributed by atoms with Gasteiger partial charge in [-0.15, -0.1) is 11.8 Å². The maximum absolute atomic E-state index is 13.9. The minimum atomic E-state index is -1.28. The average Bonchev–Trinajstić information content (AvgIpc) is 2.06. The summed E-state index contributed by atoms with van der Waals surface area (Å²) in [5, 5.41) is 9.24. The molecule has 1 aliphatic heterocycles. The van der Waals surface area contributed by atoms with Crippen LogP contribution < -0.4 is 0 Å². The minimum absolute atomic E-state index is 0.144. The number of phenols is 1. The summed E-state index contributed by atoms with van der Waals surface area (Å²) in [5.41, 5.74) is -0.650. The molecule has 0 fully saturated rings. The summed E-state index contributed by atoms with van der Waals surface area (Å²) < 4.78 is 13.9. The molecule has 0 amide bonds. The van der Waals surface area contributed by atoms with Gasteiger partial charge in [0.2, 0.25) is 0 Å². The van der Waals surface area contributed by atoms with E-state index in [1.165, 1.54) is 6.07 Å². The van der Waals surface area contributed by atoms with Crippen molar-refractivity contribution >= 4 is 11.8 Å². The molecule has 0 spiro atoms. The minimum Gasteiger partial charge on any atom is -0.508 e. The van der Waals surface area contributed by atoms with Crippen LogP contribution in [-0.2, 0) is 5.67 Å². The Balaban J connectivity index is 2.55. The molecule has 0 aromatic heterocycles. The smallest absolute Gasteiger partial charge is 0.135 e. The maximum atomic E-state index is 13.9. The average molecular weight is 198 g/mol. The lowest BCUT2D eigenvalue weighted by atomic mass is 9.94. The van der Waals surface area contributed by atoms with Crippen LogP contribution in [0.3, 0.4) is 0 Å². The van der Waals surface area contributed by atoms with E-state index >= 15 is 0 Å². The van der Waals surface area contributed by atoms with Gasteiger partial charge in [0.25, 0.3) is 0 Å². The molecule has 1 aromatic rings. The van der Waals surface area contributed by atoms with Gasteiger partial charge in [0.05, 0.1) is 0 Å². The number of rotatable bonds is 0. The van der Waals surface area contributed by atoms with Crippen LogP contribution in [0.15, 0.2) is 23.1 Å². The molecule has 0 radical (unpaired) electrons. The maximum Gasteiger partial charge on any atom is 0.135 e. The quantitative estimate of drug-likeness (QED) is 0.691. The molecule has 0 saturated carbocycles. The third-order valence-corrected chi connectivity index (χ3v) is 3.43. The van der Waals surface area contributed by atoms with Crippen molar-refractivity contribution in [3.63, 3.8) is 0 Å². The van der Waals surface area contributed by atoms with E-state index in [-0.39, 0.29) is 5.75 Å². The van der Waals surface area contributed by atoms with Gasteiger partial charge in [-0.05, 0) is 31.5 Å². The first-order valence-electron chi connectivity index (χ1n) is 4.25. The molecular formula is C10H11FOS. The van der Waals surface area contributed by atoms with E-state index in [4.69, 9.17) is 0 Å². The van der Waals surface area contributed by atoms with Gasteiger partial charge in [-0.2, -0.15) is 0 Å². The fourth-order valence-corrected chi connectivity index (χ4v) is 2.84. The van der Waals surface area contributed by atoms with Gasteiger partial charge in [0, 0.05) is 16.2 Å². The number of hydrogen-bond donors (Lipinski definition) is 1. The van der Waals surface area contributed by atoms with Crippen LogP contribution >= 0.6 is 11.8 Å². The van der Waals surface area contributed by atoms with Crippen LogP contribution in [0, 0.1) is 0 Å². The van der Waals surface area contributed by atoms with Crippen LogP contribution in [0.25, 0.3) is 0 Å². The second-order valence-corrected chi connectivity index (χ2v) is 4.61. The van der Waals surface area contributed by atoms with E-state index in [0.29, 0.717) is 12.0 Å². The van der Waals surface area contributed by atoms with Gasteiger partial charge >= 0.3 is 0 Å². The molecule has 0 aliphatic carbocycles. The number of hydrogen-bond acceptors (Lipinski definition) is 2. The van der Waals surface area contributed by atoms with E-state index in [1.807, 2.05) is 0 Å². The fraction of sp³-hybridized carbons (Fsp3) is 0.400. The summed E-state index contributed by atoms with van der Waals surface area (Å²) in [7, 11) is 0. The number of fused-ring (bicyclic) bond motifs is 1. The first kappa shape index (κ1) is 8.88. The summed E-state index contributed by atoms with van der Waals surface area (Å²) in [4.78, 5) is 0.953. The van der Waals surface area contributed by atoms with Crippen molar-refractivity contribution in [1.29, 1.82) is 0 Å². The number of phenolic OH excluding ortho intramolecular Hbond substituents is 1. The molecule has 0 bridgehead atoms. The molecule has 1 aliphatic rings. The zero-order chi connectivity index (χ0) is 9.47. The second-order valence-electron chi connectivity index (χ2n) is 3.48. The lowest BCUT2D eigenvalue weighted by Gasteiger charge is -2.28. The lowest BCUT2D eigenvalue weighted by Crippen LogP contribution is -2.20. The van der Waals surface area contributed by atoms with Gasteiger partial charge in [-0.25, -0.2) is 4.39 Å². The molecule has 3 heteroatoms. The van der Waals surface area contributed by atoms with E-state index in [1.54, 1.807) is 30.8 Å². The number of aromatic hydroxyl groups is 1. The van der Waals surface area contributed by atoms with Crippen molar-refractivity contribution in [2.24, 2.45) is 0 Å². The van der Waals surface area contributed by atoms with Crippen LogP contribution in [0.1, 0.15) is 18.9 Å². The number of alkyl halides is 1. The van der Waals surface area contributed by atoms with Crippen LogP contribution in [0.5, 0.6) is 5.75 Å². The van der Waals surface area contributed by atoms with E-state index in [0.717, 1.165) is 10.6 Å². The number of thioether (sulfide) groups is 1. The molecular weight excluding hydrogens is 187 g/mol. The zero-order valence-corrected chi connectivity index (χ0v) is 8.20. The normalized spacial score (nSPS) is 26.9. The van der Waals surface area contributed by atoms with Gasteiger partial charge in [0.1, 0.15) is 11.4 Å². The standard InChI is InChI=1S/C10H11FOS/c1-10(11)4-5-13-9-3-2-7(12)6-8(9)10/h2-3,6,12H,4-5H2,1H3. The van der Waals surface area contributed by atoms with Crippen LogP contribution in [-0.4, -0.2) is 10.9 Å². The highest BCUT2D eigenvalue weighted by Gasteiger charge is 2.32. The first-order valence-corrected chi connectivity index (χ1v) is 5.23. The molecule has 1 heterocycles. The van der Waals surface area contributed by atoms with Crippen molar-refractivity contribution in [2.45, 2.75) is 23.9 Å². The van der Waals surface area contributed by atoms with Crippen molar-refractivity contribution in [3.8, 4) is 5.75 Å².